The summed E-state index contributed by atoms with van der Waals surface area (Å²) in [6.45, 7) is 0.429. The number of para-hydroxylation sites is 2. The minimum Gasteiger partial charge on any atom is -0.320 e. The van der Waals surface area contributed by atoms with E-state index in [4.69, 9.17) is 0 Å². The van der Waals surface area contributed by atoms with Crippen molar-refractivity contribution in [1.82, 2.24) is 0 Å². The summed E-state index contributed by atoms with van der Waals surface area (Å²) in [6, 6.07) is 12.7. The van der Waals surface area contributed by atoms with Crippen molar-refractivity contribution in [2.24, 2.45) is 0 Å². The molecular weight excluding hydrogens is 390 g/mol. The van der Waals surface area contributed by atoms with Gasteiger partial charge in [0.2, 0.25) is 20.0 Å². The maximum Gasteiger partial charge on any atom is 0.255 e. The molecule has 0 saturated carbocycles. The summed E-state index contributed by atoms with van der Waals surface area (Å²) >= 11 is 0. The maximum atomic E-state index is 12.5. The molecule has 1 aliphatic rings. The Morgan fingerprint density at radius 3 is 2.22 bits per heavy atom. The van der Waals surface area contributed by atoms with E-state index in [0.717, 1.165) is 6.26 Å². The first kappa shape index (κ1) is 19.2. The van der Waals surface area contributed by atoms with Gasteiger partial charge in [-0.2, -0.15) is 0 Å². The van der Waals surface area contributed by atoms with Crippen LogP contribution in [0.25, 0.3) is 0 Å². The fraction of sp³-hybridized carbons (Fsp3) is 0.235. The zero-order chi connectivity index (χ0) is 19.7. The molecule has 0 aliphatic carbocycles. The van der Waals surface area contributed by atoms with Crippen LogP contribution in [0.3, 0.4) is 0 Å². The van der Waals surface area contributed by atoms with E-state index >= 15 is 0 Å². The number of sulfonamides is 2. The van der Waals surface area contributed by atoms with E-state index in [1.165, 1.54) is 22.5 Å². The van der Waals surface area contributed by atoms with E-state index in [2.05, 4.69) is 10.0 Å². The lowest BCUT2D eigenvalue weighted by Gasteiger charge is -2.17. The van der Waals surface area contributed by atoms with Crippen LogP contribution >= 0.6 is 0 Å². The molecule has 1 fully saturated rings. The molecule has 1 heterocycles. The second kappa shape index (κ2) is 7.20. The molecule has 2 aromatic carbocycles. The fourth-order valence-electron chi connectivity index (χ4n) is 2.78. The fourth-order valence-corrected chi connectivity index (χ4v) is 4.93. The van der Waals surface area contributed by atoms with Crippen LogP contribution in [0, 0.1) is 0 Å². The predicted octanol–water partition coefficient (Wildman–Crippen LogP) is 1.85. The molecule has 27 heavy (non-hydrogen) atoms. The van der Waals surface area contributed by atoms with E-state index in [1.807, 2.05) is 0 Å². The quantitative estimate of drug-likeness (QED) is 0.783. The van der Waals surface area contributed by atoms with Crippen LogP contribution < -0.4 is 14.3 Å². The zero-order valence-electron chi connectivity index (χ0n) is 14.5. The van der Waals surface area contributed by atoms with Gasteiger partial charge in [-0.1, -0.05) is 12.1 Å². The van der Waals surface area contributed by atoms with Gasteiger partial charge in [-0.3, -0.25) is 13.8 Å². The van der Waals surface area contributed by atoms with Crippen molar-refractivity contribution in [1.29, 1.82) is 0 Å². The predicted molar refractivity (Wildman–Crippen MR) is 105 cm³/mol. The molecular formula is C17H19N3O5S2. The molecule has 1 amide bonds. The van der Waals surface area contributed by atoms with Gasteiger partial charge in [-0.05, 0) is 42.8 Å². The van der Waals surface area contributed by atoms with Crippen LogP contribution in [-0.2, 0) is 20.0 Å². The van der Waals surface area contributed by atoms with E-state index in [-0.39, 0.29) is 11.4 Å². The SMILES string of the molecule is CS(=O)(=O)Nc1ccccc1NC(=O)c1ccc(N2CCCS2(=O)=O)cc1. The Hall–Kier alpha value is -2.59. The van der Waals surface area contributed by atoms with E-state index < -0.39 is 26.0 Å². The van der Waals surface area contributed by atoms with Crippen LogP contribution in [0.2, 0.25) is 0 Å². The van der Waals surface area contributed by atoms with Crippen molar-refractivity contribution in [2.75, 3.05) is 32.9 Å². The number of benzene rings is 2. The number of hydrogen-bond donors (Lipinski definition) is 2. The van der Waals surface area contributed by atoms with Crippen LogP contribution in [0.5, 0.6) is 0 Å². The number of hydrogen-bond acceptors (Lipinski definition) is 5. The normalized spacial score (nSPS) is 16.1. The molecule has 0 unspecified atom stereocenters. The molecule has 2 aromatic rings. The number of nitrogens with one attached hydrogen (secondary N) is 2. The number of amides is 1. The van der Waals surface area contributed by atoms with Crippen molar-refractivity contribution in [3.8, 4) is 0 Å². The van der Waals surface area contributed by atoms with Crippen LogP contribution in [-0.4, -0.2) is 41.3 Å². The molecule has 1 saturated heterocycles. The highest BCUT2D eigenvalue weighted by Gasteiger charge is 2.28. The minimum absolute atomic E-state index is 0.124. The number of anilines is 3. The average Bonchev–Trinajstić information content (AvgIpc) is 2.94. The third kappa shape index (κ3) is 4.58. The van der Waals surface area contributed by atoms with Gasteiger partial charge in [0.05, 0.1) is 29.1 Å². The van der Waals surface area contributed by atoms with Crippen molar-refractivity contribution >= 4 is 43.0 Å². The highest BCUT2D eigenvalue weighted by Crippen LogP contribution is 2.25. The second-order valence-corrected chi connectivity index (χ2v) is 9.92. The van der Waals surface area contributed by atoms with Gasteiger partial charge in [0.15, 0.2) is 0 Å². The zero-order valence-corrected chi connectivity index (χ0v) is 16.2. The Morgan fingerprint density at radius 1 is 1.04 bits per heavy atom. The topological polar surface area (TPSA) is 113 Å². The number of nitrogens with zero attached hydrogens (tertiary/aromatic N) is 1. The molecule has 0 bridgehead atoms. The Bertz CT molecular complexity index is 1060. The number of carbonyl (C=O) groups excluding carboxylic acids is 1. The summed E-state index contributed by atoms with van der Waals surface area (Å²) in [6.07, 6.45) is 1.60. The summed E-state index contributed by atoms with van der Waals surface area (Å²) in [5.41, 5.74) is 1.42. The second-order valence-electron chi connectivity index (χ2n) is 6.16. The van der Waals surface area contributed by atoms with Gasteiger partial charge in [0.1, 0.15) is 0 Å². The monoisotopic (exact) mass is 409 g/mol. The third-order valence-electron chi connectivity index (χ3n) is 3.99. The molecule has 8 nitrogen and oxygen atoms in total. The highest BCUT2D eigenvalue weighted by molar-refractivity contribution is 7.93. The van der Waals surface area contributed by atoms with Gasteiger partial charge >= 0.3 is 0 Å². The smallest absolute Gasteiger partial charge is 0.255 e. The largest absolute Gasteiger partial charge is 0.320 e. The lowest BCUT2D eigenvalue weighted by molar-refractivity contribution is 0.102. The molecule has 0 aromatic heterocycles. The summed E-state index contributed by atoms with van der Waals surface area (Å²) < 4.78 is 50.5. The number of carbonyl (C=O) groups is 1. The van der Waals surface area contributed by atoms with Crippen LogP contribution in [0.15, 0.2) is 48.5 Å². The van der Waals surface area contributed by atoms with E-state index in [9.17, 15) is 21.6 Å². The van der Waals surface area contributed by atoms with Gasteiger partial charge < -0.3 is 5.32 Å². The highest BCUT2D eigenvalue weighted by atomic mass is 32.2. The summed E-state index contributed by atoms with van der Waals surface area (Å²) in [5.74, 6) is -0.312. The molecule has 144 valence electrons. The Balaban J connectivity index is 1.78. The summed E-state index contributed by atoms with van der Waals surface area (Å²) in [7, 11) is -6.77. The molecule has 0 atom stereocenters. The van der Waals surface area contributed by atoms with E-state index in [0.29, 0.717) is 29.9 Å². The van der Waals surface area contributed by atoms with E-state index in [1.54, 1.807) is 30.3 Å². The van der Waals surface area contributed by atoms with Gasteiger partial charge in [-0.25, -0.2) is 16.8 Å². The van der Waals surface area contributed by atoms with Gasteiger partial charge in [0, 0.05) is 12.1 Å². The lowest BCUT2D eigenvalue weighted by atomic mass is 10.2. The Morgan fingerprint density at radius 2 is 1.67 bits per heavy atom. The van der Waals surface area contributed by atoms with Crippen molar-refractivity contribution < 1.29 is 21.6 Å². The summed E-state index contributed by atoms with van der Waals surface area (Å²) in [5, 5.41) is 2.66. The van der Waals surface area contributed by atoms with Crippen molar-refractivity contribution in [3.05, 3.63) is 54.1 Å². The maximum absolute atomic E-state index is 12.5. The van der Waals surface area contributed by atoms with Gasteiger partial charge in [0.25, 0.3) is 5.91 Å². The first-order chi connectivity index (χ1) is 12.7. The first-order valence-electron chi connectivity index (χ1n) is 8.14. The molecule has 10 heteroatoms. The molecule has 0 radical (unpaired) electrons. The van der Waals surface area contributed by atoms with Crippen molar-refractivity contribution in [3.63, 3.8) is 0 Å². The lowest BCUT2D eigenvalue weighted by Crippen LogP contribution is -2.25. The van der Waals surface area contributed by atoms with Gasteiger partial charge in [-0.15, -0.1) is 0 Å². The number of rotatable bonds is 5. The Labute approximate surface area is 158 Å². The van der Waals surface area contributed by atoms with Crippen LogP contribution in [0.4, 0.5) is 17.1 Å². The molecule has 2 N–H and O–H groups in total. The molecule has 3 rings (SSSR count). The minimum atomic E-state index is -3.49. The van der Waals surface area contributed by atoms with Crippen LogP contribution in [0.1, 0.15) is 16.8 Å². The summed E-state index contributed by atoms with van der Waals surface area (Å²) in [4.78, 5) is 12.5. The molecule has 1 aliphatic heterocycles. The Kier molecular flexibility index (Phi) is 5.11. The molecule has 0 spiro atoms. The van der Waals surface area contributed by atoms with Crippen molar-refractivity contribution in [2.45, 2.75) is 6.42 Å². The average molecular weight is 409 g/mol. The standard InChI is InChI=1S/C17H19N3O5S2/c1-26(22,23)19-16-6-3-2-5-15(16)18-17(21)13-7-9-14(10-8-13)20-11-4-12-27(20,24)25/h2-3,5-10,19H,4,11-12H2,1H3,(H,18,21). The third-order valence-corrected chi connectivity index (χ3v) is 6.45. The first-order valence-corrected chi connectivity index (χ1v) is 11.6.